The molecule has 1 aromatic carbocycles. The molecule has 0 heterocycles. The molecule has 2 saturated carbocycles. The molecule has 0 saturated heterocycles. The van der Waals surface area contributed by atoms with Crippen molar-refractivity contribution in [3.8, 4) is 0 Å². The Morgan fingerprint density at radius 2 is 1.32 bits per heavy atom. The van der Waals surface area contributed by atoms with Crippen LogP contribution in [0.4, 0.5) is 0 Å². The summed E-state index contributed by atoms with van der Waals surface area (Å²) >= 11 is 11.7. The molecule has 0 bridgehead atoms. The molecule has 3 rings (SSSR count). The maximum atomic E-state index is 6.00. The first-order valence-corrected chi connectivity index (χ1v) is 9.60. The topological polar surface area (TPSA) is 0 Å². The third kappa shape index (κ3) is 4.09. The average molecular weight is 337 g/mol. The monoisotopic (exact) mass is 336 g/mol. The van der Waals surface area contributed by atoms with Gasteiger partial charge in [0.2, 0.25) is 0 Å². The van der Waals surface area contributed by atoms with E-state index in [1.165, 1.54) is 56.9 Å². The van der Waals surface area contributed by atoms with Crippen LogP contribution < -0.4 is 0 Å². The van der Waals surface area contributed by atoms with E-state index in [4.69, 9.17) is 23.2 Å². The molecule has 2 aliphatic rings. The van der Waals surface area contributed by atoms with Crippen LogP contribution in [0.25, 0.3) is 0 Å². The lowest BCUT2D eigenvalue weighted by Crippen LogP contribution is -2.25. The first-order valence-electron chi connectivity index (χ1n) is 8.78. The van der Waals surface area contributed by atoms with Crippen molar-refractivity contribution in [2.45, 2.75) is 57.3 Å². The van der Waals surface area contributed by atoms with Gasteiger partial charge in [-0.3, -0.25) is 0 Å². The molecule has 1 aromatic rings. The second kappa shape index (κ2) is 7.88. The van der Waals surface area contributed by atoms with Crippen molar-refractivity contribution in [2.24, 2.45) is 17.8 Å². The van der Waals surface area contributed by atoms with Gasteiger partial charge in [-0.1, -0.05) is 41.4 Å². The van der Waals surface area contributed by atoms with Gasteiger partial charge in [-0.2, -0.15) is 0 Å². The molecule has 0 unspecified atom stereocenters. The third-order valence-electron chi connectivity index (χ3n) is 5.94. The second-order valence-corrected chi connectivity index (χ2v) is 7.84. The Kier molecular flexibility index (Phi) is 5.88. The standard InChI is InChI=1S/C20H26Cl2/c21-14-13-15-1-3-16(4-2-15)17-5-7-18(8-6-17)19-9-11-20(22)12-10-19/h9-18H,1-8H2/b14-13+/t15-,16-,17?,18?. The molecule has 2 heteroatoms. The minimum atomic E-state index is 0.735. The van der Waals surface area contributed by atoms with Crippen LogP contribution in [-0.2, 0) is 0 Å². The Hall–Kier alpha value is -0.460. The third-order valence-corrected chi connectivity index (χ3v) is 6.34. The summed E-state index contributed by atoms with van der Waals surface area (Å²) in [6.07, 6.45) is 13.2. The zero-order chi connectivity index (χ0) is 15.4. The van der Waals surface area contributed by atoms with Crippen molar-refractivity contribution < 1.29 is 0 Å². The predicted molar refractivity (Wildman–Crippen MR) is 96.6 cm³/mol. The van der Waals surface area contributed by atoms with Crippen molar-refractivity contribution in [3.63, 3.8) is 0 Å². The summed E-state index contributed by atoms with van der Waals surface area (Å²) in [4.78, 5) is 0. The summed E-state index contributed by atoms with van der Waals surface area (Å²) in [6.45, 7) is 0. The van der Waals surface area contributed by atoms with Gasteiger partial charge in [0.25, 0.3) is 0 Å². The maximum Gasteiger partial charge on any atom is 0.0406 e. The molecule has 0 N–H and O–H groups in total. The van der Waals surface area contributed by atoms with Gasteiger partial charge >= 0.3 is 0 Å². The molecule has 2 aliphatic carbocycles. The average Bonchev–Trinajstić information content (AvgIpc) is 2.57. The van der Waals surface area contributed by atoms with E-state index in [2.05, 4.69) is 18.2 Å². The highest BCUT2D eigenvalue weighted by Crippen LogP contribution is 2.44. The molecule has 22 heavy (non-hydrogen) atoms. The van der Waals surface area contributed by atoms with E-state index in [1.807, 2.05) is 12.1 Å². The van der Waals surface area contributed by atoms with Crippen LogP contribution in [-0.4, -0.2) is 0 Å². The predicted octanol–water partition coefficient (Wildman–Crippen LogP) is 7.17. The summed E-state index contributed by atoms with van der Waals surface area (Å²) in [5.41, 5.74) is 3.20. The van der Waals surface area contributed by atoms with Gasteiger partial charge in [0.1, 0.15) is 0 Å². The van der Waals surface area contributed by atoms with Gasteiger partial charge in [-0.05, 0) is 92.7 Å². The quantitative estimate of drug-likeness (QED) is 0.548. The zero-order valence-electron chi connectivity index (χ0n) is 13.2. The van der Waals surface area contributed by atoms with Gasteiger partial charge in [-0.15, -0.1) is 0 Å². The number of benzene rings is 1. The molecule has 0 aromatic heterocycles. The van der Waals surface area contributed by atoms with Crippen LogP contribution in [0.5, 0.6) is 0 Å². The highest BCUT2D eigenvalue weighted by Gasteiger charge is 2.30. The Bertz CT molecular complexity index is 475. The van der Waals surface area contributed by atoms with Crippen LogP contribution in [0.1, 0.15) is 62.8 Å². The minimum Gasteiger partial charge on any atom is -0.0933 e. The smallest absolute Gasteiger partial charge is 0.0406 e. The van der Waals surface area contributed by atoms with E-state index in [0.717, 1.165) is 28.7 Å². The number of halogens is 2. The fourth-order valence-corrected chi connectivity index (χ4v) is 4.90. The summed E-state index contributed by atoms with van der Waals surface area (Å²) in [5.74, 6) is 3.42. The van der Waals surface area contributed by atoms with Crippen LogP contribution >= 0.6 is 23.2 Å². The van der Waals surface area contributed by atoms with Gasteiger partial charge in [-0.25, -0.2) is 0 Å². The number of hydrogen-bond donors (Lipinski definition) is 0. The zero-order valence-corrected chi connectivity index (χ0v) is 14.7. The second-order valence-electron chi connectivity index (χ2n) is 7.16. The van der Waals surface area contributed by atoms with E-state index in [1.54, 1.807) is 5.54 Å². The largest absolute Gasteiger partial charge is 0.0933 e. The first kappa shape index (κ1) is 16.4. The molecule has 0 spiro atoms. The first-order chi connectivity index (χ1) is 10.8. The lowest BCUT2D eigenvalue weighted by Gasteiger charge is -2.37. The normalized spacial score (nSPS) is 33.2. The van der Waals surface area contributed by atoms with Gasteiger partial charge in [0, 0.05) is 10.6 Å². The summed E-state index contributed by atoms with van der Waals surface area (Å²) in [6, 6.07) is 8.51. The molecular weight excluding hydrogens is 311 g/mol. The Balaban J connectivity index is 1.49. The van der Waals surface area contributed by atoms with Crippen LogP contribution in [0.3, 0.4) is 0 Å². The Morgan fingerprint density at radius 1 is 0.773 bits per heavy atom. The fourth-order valence-electron chi connectivity index (χ4n) is 4.57. The summed E-state index contributed by atoms with van der Waals surface area (Å²) in [5, 5.41) is 0.847. The van der Waals surface area contributed by atoms with Crippen molar-refractivity contribution in [2.75, 3.05) is 0 Å². The molecule has 0 radical (unpaired) electrons. The van der Waals surface area contributed by atoms with E-state index in [-0.39, 0.29) is 0 Å². The molecular formula is C20H26Cl2. The summed E-state index contributed by atoms with van der Waals surface area (Å²) < 4.78 is 0. The minimum absolute atomic E-state index is 0.735. The number of allylic oxidation sites excluding steroid dienone is 1. The molecule has 0 atom stereocenters. The molecule has 2 fully saturated rings. The lowest BCUT2D eigenvalue weighted by atomic mass is 9.68. The van der Waals surface area contributed by atoms with E-state index in [9.17, 15) is 0 Å². The van der Waals surface area contributed by atoms with E-state index in [0.29, 0.717) is 0 Å². The van der Waals surface area contributed by atoms with Crippen LogP contribution in [0.15, 0.2) is 35.9 Å². The molecule has 0 amide bonds. The molecule has 0 nitrogen and oxygen atoms in total. The van der Waals surface area contributed by atoms with Crippen molar-refractivity contribution >= 4 is 23.2 Å². The lowest BCUT2D eigenvalue weighted by molar-refractivity contribution is 0.171. The fraction of sp³-hybridized carbons (Fsp3) is 0.600. The van der Waals surface area contributed by atoms with E-state index >= 15 is 0 Å². The van der Waals surface area contributed by atoms with Gasteiger partial charge < -0.3 is 0 Å². The summed E-state index contributed by atoms with van der Waals surface area (Å²) in [7, 11) is 0. The highest BCUT2D eigenvalue weighted by atomic mass is 35.5. The highest BCUT2D eigenvalue weighted by molar-refractivity contribution is 6.30. The van der Waals surface area contributed by atoms with Crippen molar-refractivity contribution in [1.82, 2.24) is 0 Å². The van der Waals surface area contributed by atoms with Crippen molar-refractivity contribution in [1.29, 1.82) is 0 Å². The Morgan fingerprint density at radius 3 is 1.86 bits per heavy atom. The van der Waals surface area contributed by atoms with Crippen LogP contribution in [0.2, 0.25) is 5.02 Å². The van der Waals surface area contributed by atoms with E-state index < -0.39 is 0 Å². The number of rotatable bonds is 3. The molecule has 0 aliphatic heterocycles. The molecule has 120 valence electrons. The van der Waals surface area contributed by atoms with Gasteiger partial charge in [0.05, 0.1) is 0 Å². The van der Waals surface area contributed by atoms with Gasteiger partial charge in [0.15, 0.2) is 0 Å². The Labute approximate surface area is 144 Å². The maximum absolute atomic E-state index is 6.00. The van der Waals surface area contributed by atoms with Crippen LogP contribution in [0, 0.1) is 17.8 Å². The van der Waals surface area contributed by atoms with Crippen molar-refractivity contribution in [3.05, 3.63) is 46.5 Å². The SMILES string of the molecule is Cl/C=C/[C@H]1CC[C@H](C2CCC(c3ccc(Cl)cc3)CC2)CC1. The number of hydrogen-bond acceptors (Lipinski definition) is 0.